The zero-order valence-corrected chi connectivity index (χ0v) is 17.7. The third kappa shape index (κ3) is 3.83. The van der Waals surface area contributed by atoms with Crippen LogP contribution >= 0.6 is 0 Å². The first-order valence-electron chi connectivity index (χ1n) is 10.2. The van der Waals surface area contributed by atoms with E-state index in [1.807, 2.05) is 12.1 Å². The molecule has 1 fully saturated rings. The second-order valence-corrected chi connectivity index (χ2v) is 9.86. The average Bonchev–Trinajstić information content (AvgIpc) is 3.07. The lowest BCUT2D eigenvalue weighted by molar-refractivity contribution is -0.127. The molecular weight excluding hydrogens is 390 g/mol. The summed E-state index contributed by atoms with van der Waals surface area (Å²) in [5, 5.41) is 6.97. The maximum atomic E-state index is 12.9. The van der Waals surface area contributed by atoms with E-state index in [9.17, 15) is 13.2 Å². The number of rotatable bonds is 4. The lowest BCUT2D eigenvalue weighted by Gasteiger charge is -2.32. The zero-order chi connectivity index (χ0) is 20.6. The smallest absolute Gasteiger partial charge is 0.248 e. The molecule has 1 aliphatic carbocycles. The maximum Gasteiger partial charge on any atom is 0.248 e. The molecule has 1 aromatic heterocycles. The van der Waals surface area contributed by atoms with E-state index in [1.165, 1.54) is 15.4 Å². The number of sulfonamides is 1. The van der Waals surface area contributed by atoms with E-state index in [2.05, 4.69) is 22.6 Å². The molecule has 0 radical (unpaired) electrons. The number of nitrogens with one attached hydrogen (secondary N) is 1. The molecule has 1 saturated heterocycles. The number of aryl methyl sites for hydroxylation is 3. The normalized spacial score (nSPS) is 21.0. The van der Waals surface area contributed by atoms with Crippen molar-refractivity contribution < 1.29 is 17.7 Å². The number of hydrogen-bond acceptors (Lipinski definition) is 5. The van der Waals surface area contributed by atoms with Crippen LogP contribution < -0.4 is 5.32 Å². The van der Waals surface area contributed by atoms with Crippen LogP contribution in [-0.2, 0) is 21.2 Å². The third-order valence-electron chi connectivity index (χ3n) is 6.08. The quantitative estimate of drug-likeness (QED) is 0.826. The summed E-state index contributed by atoms with van der Waals surface area (Å²) in [5.41, 5.74) is 2.90. The van der Waals surface area contributed by atoms with Crippen molar-refractivity contribution in [3.63, 3.8) is 0 Å². The van der Waals surface area contributed by atoms with E-state index in [-0.39, 0.29) is 22.8 Å². The van der Waals surface area contributed by atoms with Crippen molar-refractivity contribution in [3.8, 4) is 0 Å². The second kappa shape index (κ2) is 7.91. The Morgan fingerprint density at radius 2 is 1.90 bits per heavy atom. The molecule has 1 atom stereocenters. The topological polar surface area (TPSA) is 92.5 Å². The maximum absolute atomic E-state index is 12.9. The Bertz CT molecular complexity index is 987. The van der Waals surface area contributed by atoms with Crippen LogP contribution in [-0.4, -0.2) is 36.9 Å². The van der Waals surface area contributed by atoms with Gasteiger partial charge in [-0.3, -0.25) is 4.79 Å². The fourth-order valence-corrected chi connectivity index (χ4v) is 6.28. The number of benzene rings is 1. The molecule has 2 heterocycles. The Hall–Kier alpha value is -2.19. The van der Waals surface area contributed by atoms with Gasteiger partial charge in [0.1, 0.15) is 10.6 Å². The molecule has 156 valence electrons. The number of hydrogen-bond donors (Lipinski definition) is 1. The minimum atomic E-state index is -3.65. The molecule has 4 rings (SSSR count). The Morgan fingerprint density at radius 3 is 2.59 bits per heavy atom. The molecule has 29 heavy (non-hydrogen) atoms. The summed E-state index contributed by atoms with van der Waals surface area (Å²) < 4.78 is 32.4. The van der Waals surface area contributed by atoms with Crippen LogP contribution in [0.3, 0.4) is 0 Å². The summed E-state index contributed by atoms with van der Waals surface area (Å²) in [5.74, 6) is 0.166. The van der Waals surface area contributed by atoms with E-state index in [0.29, 0.717) is 37.4 Å². The summed E-state index contributed by atoms with van der Waals surface area (Å²) in [6, 6.07) is 8.33. The van der Waals surface area contributed by atoms with E-state index >= 15 is 0 Å². The van der Waals surface area contributed by atoms with Gasteiger partial charge in [0.25, 0.3) is 0 Å². The predicted molar refractivity (Wildman–Crippen MR) is 108 cm³/mol. The van der Waals surface area contributed by atoms with Crippen molar-refractivity contribution in [3.05, 3.63) is 46.8 Å². The van der Waals surface area contributed by atoms with E-state index in [4.69, 9.17) is 4.52 Å². The fraction of sp³-hybridized carbons (Fsp3) is 0.524. The van der Waals surface area contributed by atoms with Gasteiger partial charge in [0.05, 0.1) is 6.04 Å². The summed E-state index contributed by atoms with van der Waals surface area (Å²) in [6.45, 7) is 3.89. The standard InChI is InChI=1S/C21H27N3O4S/c1-14-20(15(2)28-23-14)29(26,27)24-12-10-17(11-13-24)21(25)22-19-9-5-7-16-6-3-4-8-18(16)19/h3-4,6,8,17,19H,5,7,9-13H2,1-2H3,(H,22,25)/t19-/m1/s1. The van der Waals surface area contributed by atoms with Crippen LogP contribution in [0.25, 0.3) is 0 Å². The van der Waals surface area contributed by atoms with E-state index in [1.54, 1.807) is 13.8 Å². The number of aromatic nitrogens is 1. The molecule has 2 aromatic rings. The summed E-state index contributed by atoms with van der Waals surface area (Å²) in [4.78, 5) is 13.0. The van der Waals surface area contributed by atoms with E-state index in [0.717, 1.165) is 19.3 Å². The molecule has 8 heteroatoms. The van der Waals surface area contributed by atoms with Crippen LogP contribution in [0.1, 0.15) is 54.3 Å². The number of amides is 1. The van der Waals surface area contributed by atoms with Gasteiger partial charge in [0, 0.05) is 19.0 Å². The minimum Gasteiger partial charge on any atom is -0.360 e. The molecule has 1 aromatic carbocycles. The van der Waals surface area contributed by atoms with Gasteiger partial charge in [-0.15, -0.1) is 0 Å². The van der Waals surface area contributed by atoms with Gasteiger partial charge >= 0.3 is 0 Å². The zero-order valence-electron chi connectivity index (χ0n) is 16.8. The molecule has 0 unspecified atom stereocenters. The van der Waals surface area contributed by atoms with Crippen molar-refractivity contribution in [2.75, 3.05) is 13.1 Å². The molecule has 1 aliphatic heterocycles. The molecular formula is C21H27N3O4S. The number of nitrogens with zero attached hydrogens (tertiary/aromatic N) is 2. The van der Waals surface area contributed by atoms with Crippen LogP contribution in [0, 0.1) is 19.8 Å². The first kappa shape index (κ1) is 20.1. The molecule has 7 nitrogen and oxygen atoms in total. The SMILES string of the molecule is Cc1noc(C)c1S(=O)(=O)N1CCC(C(=O)N[C@@H]2CCCc3ccccc32)CC1. The Labute approximate surface area is 171 Å². The minimum absolute atomic E-state index is 0.0288. The van der Waals surface area contributed by atoms with Gasteiger partial charge in [0.15, 0.2) is 5.76 Å². The highest BCUT2D eigenvalue weighted by Gasteiger charge is 2.36. The first-order chi connectivity index (χ1) is 13.9. The molecule has 0 bridgehead atoms. The predicted octanol–water partition coefficient (Wildman–Crippen LogP) is 2.89. The van der Waals surface area contributed by atoms with Gasteiger partial charge < -0.3 is 9.84 Å². The Morgan fingerprint density at radius 1 is 1.17 bits per heavy atom. The van der Waals surface area contributed by atoms with Crippen LogP contribution in [0.4, 0.5) is 0 Å². The van der Waals surface area contributed by atoms with Crippen molar-refractivity contribution in [1.29, 1.82) is 0 Å². The number of carbonyl (C=O) groups excluding carboxylic acids is 1. The van der Waals surface area contributed by atoms with E-state index < -0.39 is 10.0 Å². The van der Waals surface area contributed by atoms with Gasteiger partial charge in [-0.05, 0) is 57.1 Å². The van der Waals surface area contributed by atoms with Gasteiger partial charge in [0.2, 0.25) is 15.9 Å². The van der Waals surface area contributed by atoms with Crippen molar-refractivity contribution in [2.24, 2.45) is 5.92 Å². The monoisotopic (exact) mass is 417 g/mol. The highest BCUT2D eigenvalue weighted by Crippen LogP contribution is 2.31. The largest absolute Gasteiger partial charge is 0.360 e. The van der Waals surface area contributed by atoms with Crippen LogP contribution in [0.5, 0.6) is 0 Å². The third-order valence-corrected chi connectivity index (χ3v) is 8.22. The molecule has 0 saturated carbocycles. The average molecular weight is 418 g/mol. The van der Waals surface area contributed by atoms with Gasteiger partial charge in [-0.25, -0.2) is 8.42 Å². The highest BCUT2D eigenvalue weighted by atomic mass is 32.2. The number of piperidine rings is 1. The fourth-order valence-electron chi connectivity index (χ4n) is 4.52. The van der Waals surface area contributed by atoms with Crippen molar-refractivity contribution >= 4 is 15.9 Å². The molecule has 2 aliphatic rings. The van der Waals surface area contributed by atoms with Gasteiger partial charge in [-0.1, -0.05) is 29.4 Å². The van der Waals surface area contributed by atoms with Crippen LogP contribution in [0.2, 0.25) is 0 Å². The summed E-state index contributed by atoms with van der Waals surface area (Å²) in [7, 11) is -3.65. The Kier molecular flexibility index (Phi) is 5.48. The van der Waals surface area contributed by atoms with Crippen molar-refractivity contribution in [2.45, 2.75) is 56.9 Å². The number of carbonyl (C=O) groups is 1. The number of fused-ring (bicyclic) bond motifs is 1. The highest BCUT2D eigenvalue weighted by molar-refractivity contribution is 7.89. The molecule has 1 amide bonds. The molecule has 0 spiro atoms. The van der Waals surface area contributed by atoms with Crippen molar-refractivity contribution in [1.82, 2.24) is 14.8 Å². The summed E-state index contributed by atoms with van der Waals surface area (Å²) in [6.07, 6.45) is 4.10. The first-order valence-corrected chi connectivity index (χ1v) is 11.6. The van der Waals surface area contributed by atoms with Crippen LogP contribution in [0.15, 0.2) is 33.7 Å². The summed E-state index contributed by atoms with van der Waals surface area (Å²) >= 11 is 0. The van der Waals surface area contributed by atoms with Gasteiger partial charge in [-0.2, -0.15) is 4.31 Å². The lowest BCUT2D eigenvalue weighted by Crippen LogP contribution is -2.44. The molecule has 1 N–H and O–H groups in total. The Balaban J connectivity index is 1.40. The lowest BCUT2D eigenvalue weighted by atomic mass is 9.87. The second-order valence-electron chi connectivity index (χ2n) is 7.98.